The molecule has 0 saturated heterocycles. The van der Waals surface area contributed by atoms with Gasteiger partial charge in [-0.3, -0.25) is 0 Å². The van der Waals surface area contributed by atoms with Gasteiger partial charge in [0, 0.05) is 19.2 Å². The molecule has 1 aromatic rings. The normalized spacial score (nSPS) is 10.5. The summed E-state index contributed by atoms with van der Waals surface area (Å²) in [6.45, 7) is 3.15. The van der Waals surface area contributed by atoms with E-state index in [1.54, 1.807) is 0 Å². The van der Waals surface area contributed by atoms with Gasteiger partial charge in [-0.1, -0.05) is 18.5 Å². The molecule has 5 heteroatoms. The van der Waals surface area contributed by atoms with Gasteiger partial charge in [-0.15, -0.1) is 0 Å². The summed E-state index contributed by atoms with van der Waals surface area (Å²) >= 11 is 5.62. The number of halogens is 2. The van der Waals surface area contributed by atoms with Crippen molar-refractivity contribution in [2.24, 2.45) is 0 Å². The molecule has 0 aliphatic carbocycles. The van der Waals surface area contributed by atoms with Crippen LogP contribution in [0.1, 0.15) is 13.3 Å². The number of aliphatic hydroxyl groups excluding tert-OH is 1. The van der Waals surface area contributed by atoms with Crippen molar-refractivity contribution in [3.63, 3.8) is 0 Å². The van der Waals surface area contributed by atoms with Crippen LogP contribution in [0.3, 0.4) is 0 Å². The Morgan fingerprint density at radius 2 is 2.12 bits per heavy atom. The fourth-order valence-corrected chi connectivity index (χ4v) is 1.74. The van der Waals surface area contributed by atoms with Crippen molar-refractivity contribution in [3.05, 3.63) is 23.0 Å². The summed E-state index contributed by atoms with van der Waals surface area (Å²) in [5, 5.41) is 8.95. The van der Waals surface area contributed by atoms with Crippen LogP contribution >= 0.6 is 11.6 Å². The zero-order valence-corrected chi connectivity index (χ0v) is 9.97. The third-order valence-corrected chi connectivity index (χ3v) is 2.56. The molecule has 0 unspecified atom stereocenters. The smallest absolute Gasteiger partial charge is 0.144 e. The molecule has 0 heterocycles. The molecule has 0 fully saturated rings. The third-order valence-electron chi connectivity index (χ3n) is 2.27. The molecule has 16 heavy (non-hydrogen) atoms. The van der Waals surface area contributed by atoms with E-state index in [0.29, 0.717) is 24.5 Å². The fraction of sp³-hybridized carbons (Fsp3) is 0.455. The van der Waals surface area contributed by atoms with Crippen LogP contribution in [0, 0.1) is 5.82 Å². The van der Waals surface area contributed by atoms with Crippen LogP contribution in [0.25, 0.3) is 0 Å². The SMILES string of the molecule is CCCN(CCO)c1cc(F)c(Cl)cc1N. The molecule has 3 nitrogen and oxygen atoms in total. The second-order valence-corrected chi connectivity index (χ2v) is 3.94. The minimum absolute atomic E-state index is 0.00366. The van der Waals surface area contributed by atoms with Crippen LogP contribution in [-0.2, 0) is 0 Å². The molecule has 0 radical (unpaired) electrons. The second kappa shape index (κ2) is 5.92. The van der Waals surface area contributed by atoms with E-state index in [1.807, 2.05) is 11.8 Å². The van der Waals surface area contributed by atoms with Crippen molar-refractivity contribution in [1.82, 2.24) is 0 Å². The zero-order chi connectivity index (χ0) is 12.1. The van der Waals surface area contributed by atoms with E-state index >= 15 is 0 Å². The molecule has 0 aromatic heterocycles. The summed E-state index contributed by atoms with van der Waals surface area (Å²) in [5.41, 5.74) is 6.78. The van der Waals surface area contributed by atoms with E-state index in [1.165, 1.54) is 12.1 Å². The highest BCUT2D eigenvalue weighted by molar-refractivity contribution is 6.31. The number of nitrogens with zero attached hydrogens (tertiary/aromatic N) is 1. The zero-order valence-electron chi connectivity index (χ0n) is 9.21. The lowest BCUT2D eigenvalue weighted by molar-refractivity contribution is 0.302. The highest BCUT2D eigenvalue weighted by atomic mass is 35.5. The minimum Gasteiger partial charge on any atom is -0.397 e. The van der Waals surface area contributed by atoms with Gasteiger partial charge in [0.25, 0.3) is 0 Å². The summed E-state index contributed by atoms with van der Waals surface area (Å²) in [7, 11) is 0. The van der Waals surface area contributed by atoms with Gasteiger partial charge in [0.1, 0.15) is 5.82 Å². The molecule has 1 rings (SSSR count). The lowest BCUT2D eigenvalue weighted by atomic mass is 10.2. The highest BCUT2D eigenvalue weighted by Gasteiger charge is 2.12. The maximum atomic E-state index is 13.3. The first-order valence-electron chi connectivity index (χ1n) is 5.20. The van der Waals surface area contributed by atoms with Gasteiger partial charge < -0.3 is 15.7 Å². The van der Waals surface area contributed by atoms with Crippen molar-refractivity contribution >= 4 is 23.0 Å². The molecule has 0 amide bonds. The fourth-order valence-electron chi connectivity index (χ4n) is 1.57. The summed E-state index contributed by atoms with van der Waals surface area (Å²) in [5.74, 6) is -0.495. The number of nitrogens with two attached hydrogens (primary N) is 1. The molecule has 0 aliphatic rings. The number of rotatable bonds is 5. The van der Waals surface area contributed by atoms with Crippen molar-refractivity contribution in [3.8, 4) is 0 Å². The number of hydrogen-bond acceptors (Lipinski definition) is 3. The molecule has 0 aliphatic heterocycles. The molecule has 0 spiro atoms. The summed E-state index contributed by atoms with van der Waals surface area (Å²) in [6.07, 6.45) is 0.893. The summed E-state index contributed by atoms with van der Waals surface area (Å²) in [4.78, 5) is 1.84. The Kier molecular flexibility index (Phi) is 4.83. The predicted octanol–water partition coefficient (Wildman–Crippen LogP) is 2.27. The third kappa shape index (κ3) is 3.00. The number of aliphatic hydroxyl groups is 1. The van der Waals surface area contributed by atoms with E-state index in [9.17, 15) is 4.39 Å². The molecule has 1 aromatic carbocycles. The van der Waals surface area contributed by atoms with Crippen LogP contribution in [0.5, 0.6) is 0 Å². The first-order valence-corrected chi connectivity index (χ1v) is 5.58. The van der Waals surface area contributed by atoms with Crippen molar-refractivity contribution in [2.75, 3.05) is 30.3 Å². The van der Waals surface area contributed by atoms with Gasteiger partial charge in [0.2, 0.25) is 0 Å². The highest BCUT2D eigenvalue weighted by Crippen LogP contribution is 2.29. The first-order chi connectivity index (χ1) is 7.60. The average molecular weight is 247 g/mol. The van der Waals surface area contributed by atoms with Gasteiger partial charge in [0.15, 0.2) is 0 Å². The Morgan fingerprint density at radius 1 is 1.44 bits per heavy atom. The minimum atomic E-state index is -0.495. The molecule has 0 saturated carbocycles. The standard InChI is InChI=1S/C11H16ClFN2O/c1-2-3-15(4-5-16)11-7-9(13)8(12)6-10(11)14/h6-7,16H,2-5,14H2,1H3. The van der Waals surface area contributed by atoms with Crippen LogP contribution in [0.2, 0.25) is 5.02 Å². The Morgan fingerprint density at radius 3 is 2.69 bits per heavy atom. The Labute approximate surface area is 99.6 Å². The van der Waals surface area contributed by atoms with Crippen LogP contribution < -0.4 is 10.6 Å². The van der Waals surface area contributed by atoms with Gasteiger partial charge in [0.05, 0.1) is 23.0 Å². The summed E-state index contributed by atoms with van der Waals surface area (Å²) < 4.78 is 13.3. The predicted molar refractivity (Wildman–Crippen MR) is 65.4 cm³/mol. The molecule has 0 bridgehead atoms. The number of hydrogen-bond donors (Lipinski definition) is 2. The topological polar surface area (TPSA) is 49.5 Å². The first kappa shape index (κ1) is 13.1. The average Bonchev–Trinajstić information content (AvgIpc) is 2.23. The van der Waals surface area contributed by atoms with E-state index < -0.39 is 5.82 Å². The Balaban J connectivity index is 3.03. The van der Waals surface area contributed by atoms with E-state index in [0.717, 1.165) is 6.42 Å². The molecular weight excluding hydrogens is 231 g/mol. The van der Waals surface area contributed by atoms with Crippen LogP contribution in [-0.4, -0.2) is 24.8 Å². The Bertz CT molecular complexity index is 354. The summed E-state index contributed by atoms with van der Waals surface area (Å²) in [6, 6.07) is 2.70. The molecular formula is C11H16ClFN2O. The van der Waals surface area contributed by atoms with Crippen LogP contribution in [0.15, 0.2) is 12.1 Å². The number of benzene rings is 1. The van der Waals surface area contributed by atoms with E-state index in [-0.39, 0.29) is 11.6 Å². The lowest BCUT2D eigenvalue weighted by Crippen LogP contribution is -2.28. The lowest BCUT2D eigenvalue weighted by Gasteiger charge is -2.25. The van der Waals surface area contributed by atoms with Gasteiger partial charge >= 0.3 is 0 Å². The Hall–Kier alpha value is -1.00. The van der Waals surface area contributed by atoms with Gasteiger partial charge in [-0.25, -0.2) is 4.39 Å². The second-order valence-electron chi connectivity index (χ2n) is 3.54. The maximum Gasteiger partial charge on any atom is 0.144 e. The largest absolute Gasteiger partial charge is 0.397 e. The molecule has 0 atom stereocenters. The van der Waals surface area contributed by atoms with Crippen molar-refractivity contribution in [1.29, 1.82) is 0 Å². The monoisotopic (exact) mass is 246 g/mol. The van der Waals surface area contributed by atoms with Gasteiger partial charge in [-0.05, 0) is 12.5 Å². The quantitative estimate of drug-likeness (QED) is 0.784. The van der Waals surface area contributed by atoms with E-state index in [2.05, 4.69) is 0 Å². The molecule has 3 N–H and O–H groups in total. The maximum absolute atomic E-state index is 13.3. The van der Waals surface area contributed by atoms with Crippen LogP contribution in [0.4, 0.5) is 15.8 Å². The van der Waals surface area contributed by atoms with Crippen molar-refractivity contribution in [2.45, 2.75) is 13.3 Å². The van der Waals surface area contributed by atoms with E-state index in [4.69, 9.17) is 22.4 Å². The number of nitrogen functional groups attached to an aromatic ring is 1. The number of anilines is 2. The van der Waals surface area contributed by atoms with Crippen molar-refractivity contribution < 1.29 is 9.50 Å². The van der Waals surface area contributed by atoms with Gasteiger partial charge in [-0.2, -0.15) is 0 Å². The molecule has 90 valence electrons.